The molecule has 2 rings (SSSR count). The molecule has 3 unspecified atom stereocenters. The molecule has 2 saturated heterocycles. The molecule has 106 valence electrons. The average Bonchev–Trinajstić information content (AvgIpc) is 2.86. The highest BCUT2D eigenvalue weighted by Gasteiger charge is 2.35. The van der Waals surface area contributed by atoms with Crippen LogP contribution in [-0.2, 0) is 9.53 Å². The number of piperazine rings is 1. The molecule has 0 spiro atoms. The van der Waals surface area contributed by atoms with Gasteiger partial charge < -0.3 is 9.64 Å². The molecule has 19 heavy (non-hydrogen) atoms. The van der Waals surface area contributed by atoms with Crippen LogP contribution in [0.2, 0.25) is 0 Å². The summed E-state index contributed by atoms with van der Waals surface area (Å²) in [6, 6.07) is 2.31. The van der Waals surface area contributed by atoms with Crippen molar-refractivity contribution in [2.45, 2.75) is 38.8 Å². The first-order valence-corrected chi connectivity index (χ1v) is 7.21. The Morgan fingerprint density at radius 3 is 2.58 bits per heavy atom. The van der Waals surface area contributed by atoms with E-state index in [1.165, 1.54) is 0 Å². The number of ether oxygens (including phenoxy) is 1. The number of carbonyl (C=O) groups is 1. The molecule has 0 radical (unpaired) electrons. The smallest absolute Gasteiger partial charge is 0.252 e. The normalized spacial score (nSPS) is 30.1. The fourth-order valence-corrected chi connectivity index (χ4v) is 2.88. The van der Waals surface area contributed by atoms with Gasteiger partial charge >= 0.3 is 0 Å². The molecule has 0 aromatic carbocycles. The number of amides is 1. The van der Waals surface area contributed by atoms with Gasteiger partial charge in [-0.3, -0.25) is 9.69 Å². The lowest BCUT2D eigenvalue weighted by atomic mass is 10.0. The standard InChI is InChI=1S/C14H23N3O2/c1-3-12(10-15)16-5-7-17(8-6-16)14(18)13-11(2)4-9-19-13/h11-13H,3-9H2,1-2H3. The van der Waals surface area contributed by atoms with Gasteiger partial charge in [-0.2, -0.15) is 5.26 Å². The molecule has 5 heteroatoms. The number of nitriles is 1. The number of hydrogen-bond acceptors (Lipinski definition) is 4. The molecular formula is C14H23N3O2. The summed E-state index contributed by atoms with van der Waals surface area (Å²) in [7, 11) is 0. The van der Waals surface area contributed by atoms with Gasteiger partial charge in [-0.1, -0.05) is 13.8 Å². The first-order chi connectivity index (χ1) is 9.17. The Bertz CT molecular complexity index is 358. The Balaban J connectivity index is 1.86. The van der Waals surface area contributed by atoms with Crippen molar-refractivity contribution in [2.24, 2.45) is 5.92 Å². The van der Waals surface area contributed by atoms with Gasteiger partial charge in [0, 0.05) is 32.8 Å². The minimum absolute atomic E-state index is 0.0149. The van der Waals surface area contributed by atoms with Crippen LogP contribution in [-0.4, -0.2) is 60.6 Å². The Morgan fingerprint density at radius 1 is 1.42 bits per heavy atom. The van der Waals surface area contributed by atoms with E-state index in [4.69, 9.17) is 10.00 Å². The summed E-state index contributed by atoms with van der Waals surface area (Å²) in [6.45, 7) is 7.81. The first-order valence-electron chi connectivity index (χ1n) is 7.21. The highest BCUT2D eigenvalue weighted by molar-refractivity contribution is 5.81. The molecule has 3 atom stereocenters. The second kappa shape index (κ2) is 6.36. The maximum absolute atomic E-state index is 12.3. The number of carbonyl (C=O) groups excluding carboxylic acids is 1. The van der Waals surface area contributed by atoms with E-state index in [0.29, 0.717) is 25.6 Å². The summed E-state index contributed by atoms with van der Waals surface area (Å²) in [5.74, 6) is 0.461. The SMILES string of the molecule is CCC(C#N)N1CCN(C(=O)C2OCCC2C)CC1. The van der Waals surface area contributed by atoms with E-state index in [9.17, 15) is 4.79 Å². The van der Waals surface area contributed by atoms with Crippen molar-refractivity contribution in [2.75, 3.05) is 32.8 Å². The van der Waals surface area contributed by atoms with E-state index in [-0.39, 0.29) is 18.1 Å². The van der Waals surface area contributed by atoms with Gasteiger partial charge in [0.2, 0.25) is 0 Å². The molecule has 0 N–H and O–H groups in total. The van der Waals surface area contributed by atoms with Crippen LogP contribution >= 0.6 is 0 Å². The van der Waals surface area contributed by atoms with Gasteiger partial charge in [-0.15, -0.1) is 0 Å². The minimum atomic E-state index is -0.246. The second-order valence-corrected chi connectivity index (χ2v) is 5.47. The Hall–Kier alpha value is -1.12. The van der Waals surface area contributed by atoms with E-state index >= 15 is 0 Å². The third-order valence-corrected chi connectivity index (χ3v) is 4.23. The van der Waals surface area contributed by atoms with Crippen LogP contribution in [0, 0.1) is 17.2 Å². The van der Waals surface area contributed by atoms with Crippen molar-refractivity contribution in [1.82, 2.24) is 9.80 Å². The van der Waals surface area contributed by atoms with E-state index in [1.54, 1.807) is 0 Å². The third-order valence-electron chi connectivity index (χ3n) is 4.23. The monoisotopic (exact) mass is 265 g/mol. The van der Waals surface area contributed by atoms with Gasteiger partial charge in [0.1, 0.15) is 6.10 Å². The number of nitrogens with zero attached hydrogens (tertiary/aromatic N) is 3. The van der Waals surface area contributed by atoms with Crippen LogP contribution in [0.5, 0.6) is 0 Å². The maximum atomic E-state index is 12.3. The zero-order valence-electron chi connectivity index (χ0n) is 11.8. The topological polar surface area (TPSA) is 56.6 Å². The fraction of sp³-hybridized carbons (Fsp3) is 0.857. The molecule has 0 bridgehead atoms. The zero-order valence-corrected chi connectivity index (χ0v) is 11.8. The van der Waals surface area contributed by atoms with Crippen LogP contribution in [0.3, 0.4) is 0 Å². The summed E-state index contributed by atoms with van der Waals surface area (Å²) >= 11 is 0. The molecule has 2 heterocycles. The largest absolute Gasteiger partial charge is 0.368 e. The van der Waals surface area contributed by atoms with Gasteiger partial charge in [0.25, 0.3) is 5.91 Å². The van der Waals surface area contributed by atoms with Gasteiger partial charge in [-0.25, -0.2) is 0 Å². The lowest BCUT2D eigenvalue weighted by molar-refractivity contribution is -0.144. The van der Waals surface area contributed by atoms with Crippen LogP contribution in [0.15, 0.2) is 0 Å². The quantitative estimate of drug-likeness (QED) is 0.759. The average molecular weight is 265 g/mol. The van der Waals surface area contributed by atoms with Gasteiger partial charge in [0.05, 0.1) is 12.1 Å². The second-order valence-electron chi connectivity index (χ2n) is 5.47. The lowest BCUT2D eigenvalue weighted by Gasteiger charge is -2.37. The van der Waals surface area contributed by atoms with Crippen LogP contribution in [0.1, 0.15) is 26.7 Å². The van der Waals surface area contributed by atoms with Crippen molar-refractivity contribution in [1.29, 1.82) is 5.26 Å². The Labute approximate surface area is 115 Å². The number of rotatable bonds is 3. The molecule has 2 fully saturated rings. The zero-order chi connectivity index (χ0) is 13.8. The highest BCUT2D eigenvalue weighted by atomic mass is 16.5. The van der Waals surface area contributed by atoms with Crippen molar-refractivity contribution >= 4 is 5.91 Å². The van der Waals surface area contributed by atoms with E-state index in [0.717, 1.165) is 25.9 Å². The minimum Gasteiger partial charge on any atom is -0.368 e. The van der Waals surface area contributed by atoms with E-state index in [1.807, 2.05) is 11.8 Å². The van der Waals surface area contributed by atoms with Crippen molar-refractivity contribution in [3.05, 3.63) is 0 Å². The molecule has 1 amide bonds. The molecular weight excluding hydrogens is 242 g/mol. The molecule has 0 aromatic heterocycles. The molecule has 2 aliphatic heterocycles. The predicted octanol–water partition coefficient (Wildman–Crippen LogP) is 0.858. The van der Waals surface area contributed by atoms with Crippen molar-refractivity contribution < 1.29 is 9.53 Å². The van der Waals surface area contributed by atoms with Gasteiger partial charge in [-0.05, 0) is 18.8 Å². The molecule has 0 saturated carbocycles. The highest BCUT2D eigenvalue weighted by Crippen LogP contribution is 2.22. The molecule has 2 aliphatic rings. The molecule has 0 aliphatic carbocycles. The van der Waals surface area contributed by atoms with Gasteiger partial charge in [0.15, 0.2) is 0 Å². The summed E-state index contributed by atoms with van der Waals surface area (Å²) in [5.41, 5.74) is 0. The molecule has 5 nitrogen and oxygen atoms in total. The van der Waals surface area contributed by atoms with Crippen molar-refractivity contribution in [3.63, 3.8) is 0 Å². The van der Waals surface area contributed by atoms with Crippen LogP contribution in [0.25, 0.3) is 0 Å². The fourth-order valence-electron chi connectivity index (χ4n) is 2.88. The van der Waals surface area contributed by atoms with Crippen LogP contribution in [0.4, 0.5) is 0 Å². The summed E-state index contributed by atoms with van der Waals surface area (Å²) in [5, 5.41) is 9.07. The summed E-state index contributed by atoms with van der Waals surface area (Å²) in [4.78, 5) is 16.4. The Kier molecular flexibility index (Phi) is 4.78. The van der Waals surface area contributed by atoms with E-state index < -0.39 is 0 Å². The summed E-state index contributed by atoms with van der Waals surface area (Å²) < 4.78 is 5.54. The maximum Gasteiger partial charge on any atom is 0.252 e. The Morgan fingerprint density at radius 2 is 2.11 bits per heavy atom. The first kappa shape index (κ1) is 14.3. The third kappa shape index (κ3) is 3.07. The van der Waals surface area contributed by atoms with E-state index in [2.05, 4.69) is 17.9 Å². The van der Waals surface area contributed by atoms with Crippen molar-refractivity contribution in [3.8, 4) is 6.07 Å². The predicted molar refractivity (Wildman–Crippen MR) is 71.4 cm³/mol. The van der Waals surface area contributed by atoms with Crippen LogP contribution < -0.4 is 0 Å². The summed E-state index contributed by atoms with van der Waals surface area (Å²) in [6.07, 6.45) is 1.57. The number of hydrogen-bond donors (Lipinski definition) is 0. The molecule has 0 aromatic rings. The lowest BCUT2D eigenvalue weighted by Crippen LogP contribution is -2.54.